The number of aliphatic hydroxyl groups is 1. The Kier molecular flexibility index (Phi) is 4.19. The van der Waals surface area contributed by atoms with Gasteiger partial charge < -0.3 is 9.84 Å². The predicted molar refractivity (Wildman–Crippen MR) is 68.9 cm³/mol. The maximum absolute atomic E-state index is 11.6. The molecule has 94 valence electrons. The number of nitrogens with zero attached hydrogens (tertiary/aromatic N) is 1. The van der Waals surface area contributed by atoms with Gasteiger partial charge in [0.05, 0.1) is 17.0 Å². The van der Waals surface area contributed by atoms with E-state index in [1.54, 1.807) is 11.3 Å². The normalized spacial score (nSPS) is 25.1. The van der Waals surface area contributed by atoms with E-state index in [4.69, 9.17) is 4.74 Å². The minimum absolute atomic E-state index is 0.268. The summed E-state index contributed by atoms with van der Waals surface area (Å²) in [6.07, 6.45) is 0.0130. The molecule has 0 aliphatic carbocycles. The van der Waals surface area contributed by atoms with Gasteiger partial charge in [-0.25, -0.2) is 0 Å². The van der Waals surface area contributed by atoms with Gasteiger partial charge in [0.25, 0.3) is 0 Å². The number of halogens is 1. The van der Waals surface area contributed by atoms with E-state index in [2.05, 4.69) is 15.9 Å². The molecule has 1 fully saturated rings. The lowest BCUT2D eigenvalue weighted by Gasteiger charge is -2.21. The number of carbonyl (C=O) groups is 1. The summed E-state index contributed by atoms with van der Waals surface area (Å²) in [7, 11) is 1.38. The molecule has 1 N–H and O–H groups in total. The number of rotatable bonds is 3. The summed E-state index contributed by atoms with van der Waals surface area (Å²) in [5.74, 6) is -0.268. The van der Waals surface area contributed by atoms with E-state index < -0.39 is 6.10 Å². The Morgan fingerprint density at radius 1 is 1.76 bits per heavy atom. The van der Waals surface area contributed by atoms with Crippen LogP contribution in [0.1, 0.15) is 12.0 Å². The monoisotopic (exact) mass is 319 g/mol. The number of β-amino-alcohol motifs (C(OH)–C–C–N with tert-alkyl or cyclic N) is 1. The smallest absolute Gasteiger partial charge is 0.323 e. The summed E-state index contributed by atoms with van der Waals surface area (Å²) in [5, 5.41) is 11.7. The highest BCUT2D eigenvalue weighted by molar-refractivity contribution is 9.11. The molecular weight excluding hydrogens is 306 g/mol. The molecule has 0 unspecified atom stereocenters. The van der Waals surface area contributed by atoms with Gasteiger partial charge in [0, 0.05) is 19.5 Å². The van der Waals surface area contributed by atoms with Crippen molar-refractivity contribution in [3.63, 3.8) is 0 Å². The van der Waals surface area contributed by atoms with Crippen LogP contribution in [0.25, 0.3) is 0 Å². The molecule has 1 aliphatic heterocycles. The first-order valence-electron chi connectivity index (χ1n) is 5.33. The molecule has 0 radical (unpaired) electrons. The van der Waals surface area contributed by atoms with Crippen molar-refractivity contribution in [2.24, 2.45) is 0 Å². The second-order valence-electron chi connectivity index (χ2n) is 4.12. The number of likely N-dealkylation sites (tertiary alicyclic amines) is 1. The first-order valence-corrected chi connectivity index (χ1v) is 7.00. The van der Waals surface area contributed by atoms with Crippen LogP contribution in [0, 0.1) is 0 Å². The molecule has 0 bridgehead atoms. The van der Waals surface area contributed by atoms with Gasteiger partial charge in [0.2, 0.25) is 0 Å². The molecule has 1 aromatic rings. The van der Waals surface area contributed by atoms with Crippen LogP contribution in [0.2, 0.25) is 0 Å². The van der Waals surface area contributed by atoms with Crippen molar-refractivity contribution in [3.8, 4) is 0 Å². The first-order chi connectivity index (χ1) is 8.10. The molecule has 0 amide bonds. The van der Waals surface area contributed by atoms with E-state index >= 15 is 0 Å². The number of ether oxygens (including phenoxy) is 1. The Labute approximate surface area is 112 Å². The number of aliphatic hydroxyl groups excluding tert-OH is 1. The molecule has 1 aliphatic rings. The van der Waals surface area contributed by atoms with E-state index in [1.807, 2.05) is 16.3 Å². The Hall–Kier alpha value is -0.430. The maximum Gasteiger partial charge on any atom is 0.323 e. The zero-order chi connectivity index (χ0) is 12.4. The summed E-state index contributed by atoms with van der Waals surface area (Å²) in [4.78, 5) is 13.5. The lowest BCUT2D eigenvalue weighted by molar-refractivity contribution is -0.146. The third-order valence-corrected chi connectivity index (χ3v) is 4.42. The van der Waals surface area contributed by atoms with Gasteiger partial charge >= 0.3 is 5.97 Å². The predicted octanol–water partition coefficient (Wildman–Crippen LogP) is 1.62. The van der Waals surface area contributed by atoms with Crippen LogP contribution >= 0.6 is 27.3 Å². The highest BCUT2D eigenvalue weighted by Gasteiger charge is 2.36. The molecule has 0 spiro atoms. The molecule has 0 saturated carbocycles. The Bertz CT molecular complexity index is 409. The van der Waals surface area contributed by atoms with Crippen LogP contribution in [-0.2, 0) is 16.1 Å². The number of esters is 1. The zero-order valence-corrected chi connectivity index (χ0v) is 11.8. The van der Waals surface area contributed by atoms with E-state index in [0.29, 0.717) is 19.5 Å². The van der Waals surface area contributed by atoms with Crippen molar-refractivity contribution < 1.29 is 14.6 Å². The van der Waals surface area contributed by atoms with Crippen molar-refractivity contribution in [1.29, 1.82) is 0 Å². The van der Waals surface area contributed by atoms with Crippen LogP contribution in [0.3, 0.4) is 0 Å². The number of methoxy groups -OCH3 is 1. The van der Waals surface area contributed by atoms with E-state index in [1.165, 1.54) is 7.11 Å². The summed E-state index contributed by atoms with van der Waals surface area (Å²) >= 11 is 5.03. The summed E-state index contributed by atoms with van der Waals surface area (Å²) < 4.78 is 5.83. The average Bonchev–Trinajstić information content (AvgIpc) is 2.85. The fourth-order valence-electron chi connectivity index (χ4n) is 2.10. The van der Waals surface area contributed by atoms with Crippen molar-refractivity contribution in [2.45, 2.75) is 25.1 Å². The number of thiophene rings is 1. The standard InChI is InChI=1S/C11H14BrNO3S/c1-16-11(15)9-3-8(14)5-13(9)4-7-2-10(12)17-6-7/h2,6,8-9,14H,3-5H2,1H3/t8-,9-/m0/s1. The fraction of sp³-hybridized carbons (Fsp3) is 0.545. The van der Waals surface area contributed by atoms with Crippen LogP contribution in [-0.4, -0.2) is 41.8 Å². The SMILES string of the molecule is COC(=O)[C@@H]1C[C@H](O)CN1Cc1csc(Br)c1. The molecule has 2 atom stereocenters. The van der Waals surface area contributed by atoms with Gasteiger partial charge in [0.1, 0.15) is 6.04 Å². The van der Waals surface area contributed by atoms with Gasteiger partial charge in [-0.05, 0) is 32.9 Å². The molecular formula is C11H14BrNO3S. The number of hydrogen-bond donors (Lipinski definition) is 1. The zero-order valence-electron chi connectivity index (χ0n) is 9.43. The Morgan fingerprint density at radius 3 is 3.12 bits per heavy atom. The third-order valence-electron chi connectivity index (χ3n) is 2.86. The largest absolute Gasteiger partial charge is 0.468 e. The van der Waals surface area contributed by atoms with E-state index in [9.17, 15) is 9.90 Å². The van der Waals surface area contributed by atoms with Crippen LogP contribution in [0.15, 0.2) is 15.2 Å². The number of carbonyl (C=O) groups excluding carboxylic acids is 1. The van der Waals surface area contributed by atoms with E-state index in [0.717, 1.165) is 9.35 Å². The van der Waals surface area contributed by atoms with Gasteiger partial charge in [-0.3, -0.25) is 9.69 Å². The Balaban J connectivity index is 2.05. The van der Waals surface area contributed by atoms with Crippen molar-refractivity contribution in [2.75, 3.05) is 13.7 Å². The lowest BCUT2D eigenvalue weighted by atomic mass is 10.2. The first kappa shape index (κ1) is 13.0. The second-order valence-corrected chi connectivity index (χ2v) is 6.41. The van der Waals surface area contributed by atoms with Gasteiger partial charge in [-0.2, -0.15) is 0 Å². The minimum Gasteiger partial charge on any atom is -0.468 e. The van der Waals surface area contributed by atoms with E-state index in [-0.39, 0.29) is 12.0 Å². The summed E-state index contributed by atoms with van der Waals surface area (Å²) in [6, 6.07) is 1.71. The van der Waals surface area contributed by atoms with Crippen LogP contribution < -0.4 is 0 Å². The topological polar surface area (TPSA) is 49.8 Å². The summed E-state index contributed by atoms with van der Waals surface area (Å²) in [5.41, 5.74) is 1.14. The molecule has 17 heavy (non-hydrogen) atoms. The maximum atomic E-state index is 11.6. The molecule has 4 nitrogen and oxygen atoms in total. The van der Waals surface area contributed by atoms with Crippen molar-refractivity contribution in [3.05, 3.63) is 20.8 Å². The fourth-order valence-corrected chi connectivity index (χ4v) is 3.30. The van der Waals surface area contributed by atoms with Gasteiger partial charge in [-0.15, -0.1) is 11.3 Å². The molecule has 6 heteroatoms. The van der Waals surface area contributed by atoms with Crippen LogP contribution in [0.4, 0.5) is 0 Å². The van der Waals surface area contributed by atoms with Gasteiger partial charge in [-0.1, -0.05) is 0 Å². The average molecular weight is 320 g/mol. The van der Waals surface area contributed by atoms with Crippen molar-refractivity contribution in [1.82, 2.24) is 4.90 Å². The molecule has 2 heterocycles. The highest BCUT2D eigenvalue weighted by atomic mass is 79.9. The molecule has 1 saturated heterocycles. The highest BCUT2D eigenvalue weighted by Crippen LogP contribution is 2.26. The second kappa shape index (κ2) is 5.48. The number of hydrogen-bond acceptors (Lipinski definition) is 5. The van der Waals surface area contributed by atoms with Gasteiger partial charge in [0.15, 0.2) is 0 Å². The molecule has 2 rings (SSSR count). The third kappa shape index (κ3) is 3.07. The Morgan fingerprint density at radius 2 is 2.53 bits per heavy atom. The summed E-state index contributed by atoms with van der Waals surface area (Å²) in [6.45, 7) is 1.19. The minimum atomic E-state index is -0.443. The molecule has 1 aromatic heterocycles. The molecule has 0 aromatic carbocycles. The lowest BCUT2D eigenvalue weighted by Crippen LogP contribution is -2.36. The van der Waals surface area contributed by atoms with Crippen LogP contribution in [0.5, 0.6) is 0 Å². The quantitative estimate of drug-likeness (QED) is 0.860. The van der Waals surface area contributed by atoms with Crippen molar-refractivity contribution >= 4 is 33.2 Å².